The molecule has 0 aromatic rings. The van der Waals surface area contributed by atoms with E-state index in [4.69, 9.17) is 5.11 Å². The fourth-order valence-corrected chi connectivity index (χ4v) is 1.68. The molecule has 94 valence electrons. The average molecular weight is 248 g/mol. The van der Waals surface area contributed by atoms with Crippen LogP contribution < -0.4 is 10.6 Å². The highest BCUT2D eigenvalue weighted by atomic mass is 32.2. The summed E-state index contributed by atoms with van der Waals surface area (Å²) in [5, 5.41) is 14.0. The van der Waals surface area contributed by atoms with Crippen LogP contribution in [0.25, 0.3) is 0 Å². The highest BCUT2D eigenvalue weighted by Crippen LogP contribution is 1.99. The molecule has 2 unspecified atom stereocenters. The zero-order valence-electron chi connectivity index (χ0n) is 9.95. The molecule has 2 atom stereocenters. The molecule has 0 aromatic heterocycles. The standard InChI is InChI=1S/C10H20N2O3S/c1-7(9(13)14)4-5-11-10(15)12-8(2)6-16-3/h7-8H,4-6H2,1-3H3,(H,13,14)(H2,11,12,15). The monoisotopic (exact) mass is 248 g/mol. The van der Waals surface area contributed by atoms with E-state index in [0.717, 1.165) is 5.75 Å². The van der Waals surface area contributed by atoms with Gasteiger partial charge in [0.25, 0.3) is 0 Å². The molecule has 0 saturated heterocycles. The van der Waals surface area contributed by atoms with E-state index in [1.54, 1.807) is 18.7 Å². The van der Waals surface area contributed by atoms with Crippen LogP contribution >= 0.6 is 11.8 Å². The molecule has 0 spiro atoms. The van der Waals surface area contributed by atoms with Gasteiger partial charge in [0.1, 0.15) is 0 Å². The number of nitrogens with one attached hydrogen (secondary N) is 2. The first kappa shape index (κ1) is 15.1. The number of carbonyl (C=O) groups excluding carboxylic acids is 1. The van der Waals surface area contributed by atoms with Gasteiger partial charge in [-0.25, -0.2) is 4.79 Å². The summed E-state index contributed by atoms with van der Waals surface area (Å²) in [4.78, 5) is 21.8. The van der Waals surface area contributed by atoms with Crippen molar-refractivity contribution in [1.82, 2.24) is 10.6 Å². The molecule has 0 bridgehead atoms. The van der Waals surface area contributed by atoms with Crippen LogP contribution in [0.4, 0.5) is 4.79 Å². The fraction of sp³-hybridized carbons (Fsp3) is 0.800. The van der Waals surface area contributed by atoms with Gasteiger partial charge in [-0.2, -0.15) is 11.8 Å². The zero-order chi connectivity index (χ0) is 12.6. The highest BCUT2D eigenvalue weighted by molar-refractivity contribution is 7.98. The van der Waals surface area contributed by atoms with Crippen molar-refractivity contribution < 1.29 is 14.7 Å². The minimum Gasteiger partial charge on any atom is -0.481 e. The van der Waals surface area contributed by atoms with E-state index in [0.29, 0.717) is 13.0 Å². The normalized spacial score (nSPS) is 13.9. The van der Waals surface area contributed by atoms with Crippen LogP contribution in [0, 0.1) is 5.92 Å². The van der Waals surface area contributed by atoms with E-state index < -0.39 is 11.9 Å². The van der Waals surface area contributed by atoms with Gasteiger partial charge < -0.3 is 15.7 Å². The van der Waals surface area contributed by atoms with E-state index in [1.807, 2.05) is 13.2 Å². The van der Waals surface area contributed by atoms with Crippen molar-refractivity contribution in [2.75, 3.05) is 18.6 Å². The van der Waals surface area contributed by atoms with E-state index in [1.165, 1.54) is 0 Å². The lowest BCUT2D eigenvalue weighted by Gasteiger charge is -2.13. The molecular weight excluding hydrogens is 228 g/mol. The second-order valence-corrected chi connectivity index (χ2v) is 4.70. The predicted octanol–water partition coefficient (Wildman–Crippen LogP) is 1.15. The lowest BCUT2D eigenvalue weighted by atomic mass is 10.1. The molecule has 0 radical (unpaired) electrons. The SMILES string of the molecule is CSCC(C)NC(=O)NCCC(C)C(=O)O. The minimum absolute atomic E-state index is 0.117. The molecule has 0 saturated carbocycles. The maximum absolute atomic E-state index is 11.3. The van der Waals surface area contributed by atoms with Crippen LogP contribution in [0.5, 0.6) is 0 Å². The molecule has 0 rings (SSSR count). The number of hydrogen-bond acceptors (Lipinski definition) is 3. The molecule has 0 aliphatic carbocycles. The van der Waals surface area contributed by atoms with Gasteiger partial charge in [0.2, 0.25) is 0 Å². The van der Waals surface area contributed by atoms with Crippen LogP contribution in [0.2, 0.25) is 0 Å². The summed E-state index contributed by atoms with van der Waals surface area (Å²) >= 11 is 1.66. The molecule has 6 heteroatoms. The number of carboxylic acids is 1. The maximum Gasteiger partial charge on any atom is 0.315 e. The predicted molar refractivity (Wildman–Crippen MR) is 65.8 cm³/mol. The molecule has 3 N–H and O–H groups in total. The van der Waals surface area contributed by atoms with Gasteiger partial charge >= 0.3 is 12.0 Å². The van der Waals surface area contributed by atoms with Crippen LogP contribution in [-0.4, -0.2) is 41.7 Å². The van der Waals surface area contributed by atoms with Crippen molar-refractivity contribution in [1.29, 1.82) is 0 Å². The minimum atomic E-state index is -0.835. The van der Waals surface area contributed by atoms with E-state index in [2.05, 4.69) is 10.6 Å². The Morgan fingerprint density at radius 3 is 2.50 bits per heavy atom. The molecule has 16 heavy (non-hydrogen) atoms. The molecule has 2 amide bonds. The summed E-state index contributed by atoms with van der Waals surface area (Å²) in [6, 6.07) is -0.119. The first-order chi connectivity index (χ1) is 7.47. The van der Waals surface area contributed by atoms with Gasteiger partial charge in [-0.1, -0.05) is 6.92 Å². The van der Waals surface area contributed by atoms with Crippen molar-refractivity contribution in [3.05, 3.63) is 0 Å². The second-order valence-electron chi connectivity index (χ2n) is 3.78. The smallest absolute Gasteiger partial charge is 0.315 e. The molecule has 0 aliphatic rings. The Morgan fingerprint density at radius 2 is 2.00 bits per heavy atom. The summed E-state index contributed by atoms with van der Waals surface area (Å²) in [7, 11) is 0. The summed E-state index contributed by atoms with van der Waals surface area (Å²) in [5.74, 6) is -0.402. The largest absolute Gasteiger partial charge is 0.481 e. The molecule has 0 fully saturated rings. The summed E-state index contributed by atoms with van der Waals surface area (Å²) in [6.07, 6.45) is 2.42. The number of amides is 2. The quantitative estimate of drug-likeness (QED) is 0.631. The highest BCUT2D eigenvalue weighted by Gasteiger charge is 2.11. The molecule has 0 aromatic carbocycles. The number of rotatable bonds is 7. The molecule has 0 aliphatic heterocycles. The van der Waals surface area contributed by atoms with Crippen molar-refractivity contribution in [2.24, 2.45) is 5.92 Å². The Kier molecular flexibility index (Phi) is 7.80. The third-order valence-corrected chi connectivity index (χ3v) is 2.91. The fourth-order valence-electron chi connectivity index (χ4n) is 1.09. The number of urea groups is 1. The van der Waals surface area contributed by atoms with Gasteiger partial charge in [0.05, 0.1) is 5.92 Å². The second kappa shape index (κ2) is 8.27. The average Bonchev–Trinajstić information content (AvgIpc) is 2.17. The topological polar surface area (TPSA) is 78.4 Å². The molecule has 0 heterocycles. The number of hydrogen-bond donors (Lipinski definition) is 3. The first-order valence-corrected chi connectivity index (χ1v) is 6.62. The Balaban J connectivity index is 3.62. The van der Waals surface area contributed by atoms with Crippen molar-refractivity contribution in [3.63, 3.8) is 0 Å². The van der Waals surface area contributed by atoms with Crippen LogP contribution in [-0.2, 0) is 4.79 Å². The zero-order valence-corrected chi connectivity index (χ0v) is 10.8. The summed E-state index contributed by atoms with van der Waals surface area (Å²) < 4.78 is 0. The number of aliphatic carboxylic acids is 1. The van der Waals surface area contributed by atoms with E-state index in [-0.39, 0.29) is 12.1 Å². The van der Waals surface area contributed by atoms with Gasteiger partial charge in [0.15, 0.2) is 0 Å². The van der Waals surface area contributed by atoms with Gasteiger partial charge in [0, 0.05) is 18.3 Å². The Labute approximate surface area is 100 Å². The first-order valence-electron chi connectivity index (χ1n) is 5.23. The number of carbonyl (C=O) groups is 2. The molecular formula is C10H20N2O3S. The lowest BCUT2D eigenvalue weighted by Crippen LogP contribution is -2.42. The van der Waals surface area contributed by atoms with Crippen LogP contribution in [0.15, 0.2) is 0 Å². The van der Waals surface area contributed by atoms with Crippen LogP contribution in [0.1, 0.15) is 20.3 Å². The third kappa shape index (κ3) is 7.39. The van der Waals surface area contributed by atoms with Crippen molar-refractivity contribution in [2.45, 2.75) is 26.3 Å². The summed E-state index contributed by atoms with van der Waals surface area (Å²) in [6.45, 7) is 3.93. The Hall–Kier alpha value is -0.910. The van der Waals surface area contributed by atoms with E-state index >= 15 is 0 Å². The van der Waals surface area contributed by atoms with Crippen LogP contribution in [0.3, 0.4) is 0 Å². The Morgan fingerprint density at radius 1 is 1.38 bits per heavy atom. The number of thioether (sulfide) groups is 1. The van der Waals surface area contributed by atoms with Gasteiger partial charge in [-0.05, 0) is 19.6 Å². The maximum atomic E-state index is 11.3. The van der Waals surface area contributed by atoms with Gasteiger partial charge in [-0.3, -0.25) is 4.79 Å². The third-order valence-electron chi connectivity index (χ3n) is 2.08. The van der Waals surface area contributed by atoms with E-state index in [9.17, 15) is 9.59 Å². The van der Waals surface area contributed by atoms with Gasteiger partial charge in [-0.15, -0.1) is 0 Å². The molecule has 5 nitrogen and oxygen atoms in total. The summed E-state index contributed by atoms with van der Waals surface area (Å²) in [5.41, 5.74) is 0. The Bertz CT molecular complexity index is 236. The number of carboxylic acid groups (broad SMARTS) is 1. The van der Waals surface area contributed by atoms with Crippen molar-refractivity contribution in [3.8, 4) is 0 Å². The lowest BCUT2D eigenvalue weighted by molar-refractivity contribution is -0.141. The van der Waals surface area contributed by atoms with Crippen molar-refractivity contribution >= 4 is 23.8 Å².